The van der Waals surface area contributed by atoms with E-state index in [2.05, 4.69) is 19.9 Å². The van der Waals surface area contributed by atoms with Gasteiger partial charge in [-0.25, -0.2) is 4.79 Å². The molecule has 0 N–H and O–H groups in total. The van der Waals surface area contributed by atoms with Gasteiger partial charge in [0.1, 0.15) is 5.75 Å². The highest BCUT2D eigenvalue weighted by molar-refractivity contribution is 5.90. The first-order valence-electron chi connectivity index (χ1n) is 8.26. The van der Waals surface area contributed by atoms with Gasteiger partial charge >= 0.3 is 5.97 Å². The van der Waals surface area contributed by atoms with Crippen molar-refractivity contribution in [3.63, 3.8) is 0 Å². The number of unbranched alkanes of at least 4 members (excludes halogenated alkanes) is 1. The van der Waals surface area contributed by atoms with Crippen LogP contribution >= 0.6 is 0 Å². The lowest BCUT2D eigenvalue weighted by Gasteiger charge is -2.19. The van der Waals surface area contributed by atoms with E-state index >= 15 is 0 Å². The van der Waals surface area contributed by atoms with E-state index in [0.717, 1.165) is 12.8 Å². The highest BCUT2D eigenvalue weighted by Crippen LogP contribution is 2.28. The van der Waals surface area contributed by atoms with Gasteiger partial charge in [0.05, 0.1) is 11.6 Å². The Labute approximate surface area is 138 Å². The van der Waals surface area contributed by atoms with Crippen LogP contribution in [0.4, 0.5) is 0 Å². The van der Waals surface area contributed by atoms with Crippen LogP contribution in [0.2, 0.25) is 0 Å². The first-order valence-corrected chi connectivity index (χ1v) is 8.26. The van der Waals surface area contributed by atoms with Crippen molar-refractivity contribution in [2.75, 3.05) is 0 Å². The molecule has 0 fully saturated rings. The predicted octanol–water partition coefficient (Wildman–Crippen LogP) is 4.94. The Morgan fingerprint density at radius 1 is 1.26 bits per heavy atom. The average molecular weight is 309 g/mol. The first-order chi connectivity index (χ1) is 11.1. The summed E-state index contributed by atoms with van der Waals surface area (Å²) in [5.74, 6) is 0.759. The van der Waals surface area contributed by atoms with Crippen molar-refractivity contribution < 1.29 is 9.53 Å². The van der Waals surface area contributed by atoms with Gasteiger partial charge in [-0.05, 0) is 49.4 Å². The summed E-state index contributed by atoms with van der Waals surface area (Å²) in [5.41, 5.74) is 2.68. The summed E-state index contributed by atoms with van der Waals surface area (Å²) in [5, 5.41) is 8.76. The summed E-state index contributed by atoms with van der Waals surface area (Å²) in [6, 6.07) is 8.62. The molecule has 0 aliphatic heterocycles. The second-order valence-corrected chi connectivity index (χ2v) is 6.00. The van der Waals surface area contributed by atoms with Crippen LogP contribution < -0.4 is 4.74 Å². The highest BCUT2D eigenvalue weighted by Gasteiger charge is 2.18. The molecule has 1 aliphatic carbocycles. The van der Waals surface area contributed by atoms with Gasteiger partial charge in [-0.3, -0.25) is 0 Å². The molecule has 3 heteroatoms. The van der Waals surface area contributed by atoms with Crippen molar-refractivity contribution in [3.8, 4) is 11.8 Å². The van der Waals surface area contributed by atoms with E-state index in [0.29, 0.717) is 22.8 Å². The monoisotopic (exact) mass is 309 g/mol. The largest absolute Gasteiger partial charge is 0.423 e. The first kappa shape index (κ1) is 17.0. The Hall–Kier alpha value is -2.34. The van der Waals surface area contributed by atoms with Crippen LogP contribution in [0.5, 0.6) is 5.75 Å². The maximum absolute atomic E-state index is 12.2. The standard InChI is InChI=1S/C20H23NO2/c1-3-4-5-15(2)17-8-10-18(11-9-17)20(22)23-19-12-6-16(14-21)7-13-19/h6-8,10,12-13,15H,3-5,9,11H2,1-2H3. The Bertz CT molecular complexity index is 647. The number of esters is 1. The van der Waals surface area contributed by atoms with E-state index in [1.54, 1.807) is 24.3 Å². The van der Waals surface area contributed by atoms with E-state index in [1.807, 2.05) is 12.1 Å². The lowest BCUT2D eigenvalue weighted by molar-refractivity contribution is -0.130. The molecule has 0 saturated carbocycles. The molecule has 1 unspecified atom stereocenters. The molecule has 1 aromatic carbocycles. The number of ether oxygens (including phenoxy) is 1. The summed E-state index contributed by atoms with van der Waals surface area (Å²) in [4.78, 5) is 12.2. The van der Waals surface area contributed by atoms with Gasteiger partial charge in [0.25, 0.3) is 0 Å². The normalized spacial score (nSPS) is 15.2. The third kappa shape index (κ3) is 4.82. The third-order valence-electron chi connectivity index (χ3n) is 4.26. The summed E-state index contributed by atoms with van der Waals surface area (Å²) in [6.07, 6.45) is 9.32. The van der Waals surface area contributed by atoms with Crippen molar-refractivity contribution >= 4 is 5.97 Å². The SMILES string of the molecule is CCCCC(C)C1=CC=C(C(=O)Oc2ccc(C#N)cc2)CC1. The zero-order chi connectivity index (χ0) is 16.7. The van der Waals surface area contributed by atoms with Gasteiger partial charge in [-0.15, -0.1) is 0 Å². The van der Waals surface area contributed by atoms with Crippen molar-refractivity contribution in [1.82, 2.24) is 0 Å². The molecular weight excluding hydrogens is 286 g/mol. The van der Waals surface area contributed by atoms with Crippen molar-refractivity contribution in [2.45, 2.75) is 46.0 Å². The van der Waals surface area contributed by atoms with Gasteiger partial charge in [0.2, 0.25) is 0 Å². The molecule has 120 valence electrons. The van der Waals surface area contributed by atoms with Gasteiger partial charge in [-0.1, -0.05) is 44.4 Å². The van der Waals surface area contributed by atoms with Crippen molar-refractivity contribution in [2.24, 2.45) is 5.92 Å². The van der Waals surface area contributed by atoms with Gasteiger partial charge in [-0.2, -0.15) is 5.26 Å². The van der Waals surface area contributed by atoms with E-state index < -0.39 is 0 Å². The molecule has 2 rings (SSSR count). The smallest absolute Gasteiger partial charge is 0.339 e. The fourth-order valence-corrected chi connectivity index (χ4v) is 2.70. The van der Waals surface area contributed by atoms with Crippen LogP contribution in [0, 0.1) is 17.2 Å². The molecule has 1 atom stereocenters. The topological polar surface area (TPSA) is 50.1 Å². The zero-order valence-electron chi connectivity index (χ0n) is 13.8. The number of nitriles is 1. The summed E-state index contributed by atoms with van der Waals surface area (Å²) in [7, 11) is 0. The molecule has 0 bridgehead atoms. The number of benzene rings is 1. The highest BCUT2D eigenvalue weighted by atomic mass is 16.5. The summed E-state index contributed by atoms with van der Waals surface area (Å²) < 4.78 is 5.37. The molecule has 0 radical (unpaired) electrons. The minimum Gasteiger partial charge on any atom is -0.423 e. The Morgan fingerprint density at radius 2 is 2.00 bits per heavy atom. The molecule has 1 aromatic rings. The van der Waals surface area contributed by atoms with Crippen LogP contribution in [0.3, 0.4) is 0 Å². The summed E-state index contributed by atoms with van der Waals surface area (Å²) in [6.45, 7) is 4.47. The second-order valence-electron chi connectivity index (χ2n) is 6.00. The van der Waals surface area contributed by atoms with Gasteiger partial charge in [0, 0.05) is 5.57 Å². The quantitative estimate of drug-likeness (QED) is 0.552. The molecule has 0 spiro atoms. The molecular formula is C20H23NO2. The van der Waals surface area contributed by atoms with Crippen LogP contribution in [-0.2, 0) is 4.79 Å². The third-order valence-corrected chi connectivity index (χ3v) is 4.26. The van der Waals surface area contributed by atoms with E-state index in [1.165, 1.54) is 24.8 Å². The molecule has 0 aromatic heterocycles. The maximum atomic E-state index is 12.2. The average Bonchev–Trinajstić information content (AvgIpc) is 2.60. The van der Waals surface area contributed by atoms with E-state index in [9.17, 15) is 4.79 Å². The molecule has 0 amide bonds. The number of nitrogens with zero attached hydrogens (tertiary/aromatic N) is 1. The van der Waals surface area contributed by atoms with Gasteiger partial charge < -0.3 is 4.74 Å². The van der Waals surface area contributed by atoms with E-state index in [4.69, 9.17) is 10.00 Å². The van der Waals surface area contributed by atoms with Crippen molar-refractivity contribution in [3.05, 3.63) is 53.1 Å². The predicted molar refractivity (Wildman–Crippen MR) is 90.9 cm³/mol. The lowest BCUT2D eigenvalue weighted by Crippen LogP contribution is -2.14. The van der Waals surface area contributed by atoms with E-state index in [-0.39, 0.29) is 5.97 Å². The molecule has 3 nitrogen and oxygen atoms in total. The number of hydrogen-bond donors (Lipinski definition) is 0. The Morgan fingerprint density at radius 3 is 2.57 bits per heavy atom. The van der Waals surface area contributed by atoms with Crippen LogP contribution in [0.15, 0.2) is 47.6 Å². The summed E-state index contributed by atoms with van der Waals surface area (Å²) >= 11 is 0. The number of hydrogen-bond acceptors (Lipinski definition) is 3. The fraction of sp³-hybridized carbons (Fsp3) is 0.400. The number of rotatable bonds is 6. The molecule has 1 aliphatic rings. The minimum atomic E-state index is -0.300. The van der Waals surface area contributed by atoms with Crippen LogP contribution in [0.25, 0.3) is 0 Å². The number of carbonyl (C=O) groups is 1. The number of allylic oxidation sites excluding steroid dienone is 3. The van der Waals surface area contributed by atoms with Crippen molar-refractivity contribution in [1.29, 1.82) is 5.26 Å². The van der Waals surface area contributed by atoms with Gasteiger partial charge in [0.15, 0.2) is 0 Å². The van der Waals surface area contributed by atoms with Crippen LogP contribution in [-0.4, -0.2) is 5.97 Å². The maximum Gasteiger partial charge on any atom is 0.339 e. The fourth-order valence-electron chi connectivity index (χ4n) is 2.70. The molecule has 23 heavy (non-hydrogen) atoms. The Kier molecular flexibility index (Phi) is 6.17. The minimum absolute atomic E-state index is 0.300. The number of carbonyl (C=O) groups excluding carboxylic acids is 1. The Balaban J connectivity index is 1.96. The van der Waals surface area contributed by atoms with Crippen LogP contribution in [0.1, 0.15) is 51.5 Å². The molecule has 0 saturated heterocycles. The molecule has 0 heterocycles. The second kappa shape index (κ2) is 8.33. The lowest BCUT2D eigenvalue weighted by atomic mass is 9.87. The zero-order valence-corrected chi connectivity index (χ0v) is 13.8.